The highest BCUT2D eigenvalue weighted by atomic mass is 16.5. The Morgan fingerprint density at radius 3 is 1.95 bits per heavy atom. The quantitative estimate of drug-likeness (QED) is 0.906. The third-order valence-corrected chi connectivity index (χ3v) is 4.18. The van der Waals surface area contributed by atoms with Gasteiger partial charge in [-0.15, -0.1) is 0 Å². The largest absolute Gasteiger partial charge is 0.497 e. The zero-order chi connectivity index (χ0) is 15.9. The van der Waals surface area contributed by atoms with E-state index in [1.54, 1.807) is 32.4 Å². The van der Waals surface area contributed by atoms with E-state index in [2.05, 4.69) is 4.90 Å². The summed E-state index contributed by atoms with van der Waals surface area (Å²) in [7, 11) is 3.15. The van der Waals surface area contributed by atoms with Crippen LogP contribution in [0.15, 0.2) is 18.2 Å². The minimum atomic E-state index is -0.823. The summed E-state index contributed by atoms with van der Waals surface area (Å²) >= 11 is 0. The molecule has 0 amide bonds. The maximum atomic E-state index is 11.9. The molecule has 1 aliphatic heterocycles. The first kappa shape index (κ1) is 16.6. The predicted molar refractivity (Wildman–Crippen MR) is 84.6 cm³/mol. The van der Waals surface area contributed by atoms with Crippen LogP contribution >= 0.6 is 0 Å². The molecule has 1 aliphatic rings. The number of rotatable bonds is 5. The highest BCUT2D eigenvalue weighted by Crippen LogP contribution is 2.31. The van der Waals surface area contributed by atoms with Gasteiger partial charge >= 0.3 is 5.97 Å². The Bertz CT molecular complexity index is 473. The molecule has 2 rings (SSSR count). The number of aliphatic carboxylic acids is 1. The number of hydrogen-bond donors (Lipinski definition) is 1. The van der Waals surface area contributed by atoms with Crippen LogP contribution in [0.5, 0.6) is 11.5 Å². The molecule has 1 saturated heterocycles. The van der Waals surface area contributed by atoms with Crippen molar-refractivity contribution in [3.63, 3.8) is 0 Å². The molecule has 122 valence electrons. The summed E-state index contributed by atoms with van der Waals surface area (Å²) in [4.78, 5) is 13.9. The first-order valence-electron chi connectivity index (χ1n) is 7.85. The van der Waals surface area contributed by atoms with E-state index in [1.807, 2.05) is 0 Å². The normalized spacial score (nSPS) is 18.1. The van der Waals surface area contributed by atoms with Gasteiger partial charge in [0.25, 0.3) is 0 Å². The second kappa shape index (κ2) is 8.03. The van der Waals surface area contributed by atoms with Crippen molar-refractivity contribution in [3.05, 3.63) is 23.8 Å². The van der Waals surface area contributed by atoms with Gasteiger partial charge in [0.2, 0.25) is 0 Å². The molecule has 1 atom stereocenters. The number of ether oxygens (including phenoxy) is 2. The van der Waals surface area contributed by atoms with E-state index < -0.39 is 12.0 Å². The first-order valence-corrected chi connectivity index (χ1v) is 7.85. The number of likely N-dealkylation sites (tertiary alicyclic amines) is 1. The fourth-order valence-corrected chi connectivity index (χ4v) is 3.03. The van der Waals surface area contributed by atoms with Gasteiger partial charge in [-0.1, -0.05) is 19.3 Å². The lowest BCUT2D eigenvalue weighted by Crippen LogP contribution is -2.36. The maximum absolute atomic E-state index is 11.9. The van der Waals surface area contributed by atoms with Crippen LogP contribution < -0.4 is 9.47 Å². The van der Waals surface area contributed by atoms with Crippen molar-refractivity contribution in [2.75, 3.05) is 27.3 Å². The zero-order valence-electron chi connectivity index (χ0n) is 13.4. The second-order valence-corrected chi connectivity index (χ2v) is 5.69. The number of carboxylic acid groups (broad SMARTS) is 1. The Labute approximate surface area is 131 Å². The minimum Gasteiger partial charge on any atom is -0.497 e. The van der Waals surface area contributed by atoms with E-state index >= 15 is 0 Å². The van der Waals surface area contributed by atoms with Crippen molar-refractivity contribution in [2.24, 2.45) is 0 Å². The van der Waals surface area contributed by atoms with Crippen molar-refractivity contribution in [3.8, 4) is 11.5 Å². The Morgan fingerprint density at radius 1 is 1.00 bits per heavy atom. The van der Waals surface area contributed by atoms with E-state index in [0.29, 0.717) is 17.1 Å². The van der Waals surface area contributed by atoms with Gasteiger partial charge in [-0.25, -0.2) is 0 Å². The van der Waals surface area contributed by atoms with Crippen LogP contribution in [0.25, 0.3) is 0 Å². The molecular formula is C17H25NO4. The molecule has 1 aromatic rings. The van der Waals surface area contributed by atoms with Gasteiger partial charge < -0.3 is 14.6 Å². The van der Waals surface area contributed by atoms with Gasteiger partial charge in [-0.05, 0) is 43.6 Å². The van der Waals surface area contributed by atoms with Gasteiger partial charge in [0.05, 0.1) is 14.2 Å². The van der Waals surface area contributed by atoms with Gasteiger partial charge in [0, 0.05) is 6.07 Å². The zero-order valence-corrected chi connectivity index (χ0v) is 13.4. The average Bonchev–Trinajstić information content (AvgIpc) is 2.48. The second-order valence-electron chi connectivity index (χ2n) is 5.69. The smallest absolute Gasteiger partial charge is 0.325 e. The molecule has 1 N–H and O–H groups in total. The lowest BCUT2D eigenvalue weighted by molar-refractivity contribution is -0.143. The molecule has 22 heavy (non-hydrogen) atoms. The number of nitrogens with zero attached hydrogens (tertiary/aromatic N) is 1. The molecule has 5 heteroatoms. The SMILES string of the molecule is COc1cc(OC)cc(C(C(=O)O)N2CCCCCCC2)c1. The minimum absolute atomic E-state index is 0.618. The molecule has 0 saturated carbocycles. The number of hydrogen-bond acceptors (Lipinski definition) is 4. The fraction of sp³-hybridized carbons (Fsp3) is 0.588. The van der Waals surface area contributed by atoms with Gasteiger partial charge in [0.15, 0.2) is 0 Å². The van der Waals surface area contributed by atoms with Crippen molar-refractivity contribution in [1.82, 2.24) is 4.90 Å². The van der Waals surface area contributed by atoms with Gasteiger partial charge in [-0.2, -0.15) is 0 Å². The molecule has 1 fully saturated rings. The fourth-order valence-electron chi connectivity index (χ4n) is 3.03. The molecule has 0 spiro atoms. The highest BCUT2D eigenvalue weighted by molar-refractivity contribution is 5.76. The summed E-state index contributed by atoms with van der Waals surface area (Å²) in [5, 5.41) is 9.74. The van der Waals surface area contributed by atoms with Crippen LogP contribution in [0.3, 0.4) is 0 Å². The van der Waals surface area contributed by atoms with E-state index in [0.717, 1.165) is 25.9 Å². The van der Waals surface area contributed by atoms with Crippen LogP contribution in [-0.2, 0) is 4.79 Å². The van der Waals surface area contributed by atoms with Crippen LogP contribution in [0, 0.1) is 0 Å². The number of carbonyl (C=O) groups is 1. The summed E-state index contributed by atoms with van der Waals surface area (Å²) in [6.45, 7) is 1.63. The molecule has 1 unspecified atom stereocenters. The summed E-state index contributed by atoms with van der Waals surface area (Å²) < 4.78 is 10.5. The van der Waals surface area contributed by atoms with Crippen LogP contribution in [0.1, 0.15) is 43.7 Å². The van der Waals surface area contributed by atoms with Gasteiger partial charge in [-0.3, -0.25) is 9.69 Å². The molecule has 0 aliphatic carbocycles. The molecule has 0 radical (unpaired) electrons. The monoisotopic (exact) mass is 307 g/mol. The Hall–Kier alpha value is -1.75. The van der Waals surface area contributed by atoms with E-state index in [9.17, 15) is 9.90 Å². The Balaban J connectivity index is 2.31. The standard InChI is InChI=1S/C17H25NO4/c1-21-14-10-13(11-15(12-14)22-2)16(17(19)20)18-8-6-4-3-5-7-9-18/h10-12,16H,3-9H2,1-2H3,(H,19,20). The maximum Gasteiger partial charge on any atom is 0.325 e. The summed E-state index contributed by atoms with van der Waals surface area (Å²) in [5.74, 6) is 0.413. The Morgan fingerprint density at radius 2 is 1.50 bits per heavy atom. The third kappa shape index (κ3) is 4.13. The molecular weight excluding hydrogens is 282 g/mol. The average molecular weight is 307 g/mol. The Kier molecular flexibility index (Phi) is 6.07. The van der Waals surface area contributed by atoms with Crippen molar-refractivity contribution in [2.45, 2.75) is 38.1 Å². The van der Waals surface area contributed by atoms with Crippen LogP contribution in [-0.4, -0.2) is 43.3 Å². The van der Waals surface area contributed by atoms with E-state index in [4.69, 9.17) is 9.47 Å². The highest BCUT2D eigenvalue weighted by Gasteiger charge is 2.28. The molecule has 0 bridgehead atoms. The van der Waals surface area contributed by atoms with Crippen LogP contribution in [0.2, 0.25) is 0 Å². The molecule has 0 aromatic heterocycles. The van der Waals surface area contributed by atoms with Gasteiger partial charge in [0.1, 0.15) is 17.5 Å². The molecule has 1 aromatic carbocycles. The molecule has 5 nitrogen and oxygen atoms in total. The van der Waals surface area contributed by atoms with Crippen molar-refractivity contribution in [1.29, 1.82) is 0 Å². The third-order valence-electron chi connectivity index (χ3n) is 4.18. The van der Waals surface area contributed by atoms with E-state index in [1.165, 1.54) is 19.3 Å². The van der Waals surface area contributed by atoms with Crippen molar-refractivity contribution >= 4 is 5.97 Å². The van der Waals surface area contributed by atoms with Crippen molar-refractivity contribution < 1.29 is 19.4 Å². The van der Waals surface area contributed by atoms with Crippen LogP contribution in [0.4, 0.5) is 0 Å². The summed E-state index contributed by atoms with van der Waals surface area (Å²) in [6, 6.07) is 4.69. The lowest BCUT2D eigenvalue weighted by Gasteiger charge is -2.30. The lowest BCUT2D eigenvalue weighted by atomic mass is 10.0. The predicted octanol–water partition coefficient (Wildman–Crippen LogP) is 3.10. The number of methoxy groups -OCH3 is 2. The van der Waals surface area contributed by atoms with E-state index in [-0.39, 0.29) is 0 Å². The first-order chi connectivity index (χ1) is 10.7. The number of carboxylic acids is 1. The molecule has 1 heterocycles. The topological polar surface area (TPSA) is 59.0 Å². The number of benzene rings is 1. The summed E-state index contributed by atoms with van der Waals surface area (Å²) in [5.41, 5.74) is 0.712. The summed E-state index contributed by atoms with van der Waals surface area (Å²) in [6.07, 6.45) is 5.68.